The number of aromatic nitrogens is 1. The molecular formula is C23H18FN2O4-. The highest BCUT2D eigenvalue weighted by molar-refractivity contribution is 6.15. The predicted octanol–water partition coefficient (Wildman–Crippen LogP) is 2.69. The number of ether oxygens (including phenoxy) is 1. The molecule has 0 spiro atoms. The van der Waals surface area contributed by atoms with E-state index in [9.17, 15) is 19.1 Å². The van der Waals surface area contributed by atoms with Crippen molar-refractivity contribution in [1.29, 1.82) is 0 Å². The van der Waals surface area contributed by atoms with E-state index in [4.69, 9.17) is 4.74 Å². The Morgan fingerprint density at radius 3 is 2.33 bits per heavy atom. The molecule has 0 radical (unpaired) electrons. The van der Waals surface area contributed by atoms with Crippen LogP contribution in [0, 0.1) is 5.82 Å². The standard InChI is InChI=1S/C23H19FN2O4/c24-19-8-6-18(7-9-19)22(28)21(17-10-12-25-13-11-17)20(27)14-26-23(29)30-15-16-4-2-1-3-5-16/h1-13,21H,14-15H2,(H,26,29)/p-1. The molecule has 1 heterocycles. The zero-order chi connectivity index (χ0) is 21.3. The smallest absolute Gasteiger partial charge is 0.177 e. The fourth-order valence-electron chi connectivity index (χ4n) is 2.82. The molecule has 0 aliphatic heterocycles. The van der Waals surface area contributed by atoms with Gasteiger partial charge in [0, 0.05) is 24.6 Å². The van der Waals surface area contributed by atoms with Gasteiger partial charge >= 0.3 is 0 Å². The van der Waals surface area contributed by atoms with Gasteiger partial charge in [-0.15, -0.1) is 0 Å². The van der Waals surface area contributed by atoms with Gasteiger partial charge in [-0.2, -0.15) is 0 Å². The van der Waals surface area contributed by atoms with Crippen LogP contribution >= 0.6 is 0 Å². The lowest BCUT2D eigenvalue weighted by molar-refractivity contribution is -0.252. The first-order valence-electron chi connectivity index (χ1n) is 9.15. The van der Waals surface area contributed by atoms with Crippen LogP contribution in [0.1, 0.15) is 27.4 Å². The number of hydrogen-bond acceptors (Lipinski definition) is 6. The van der Waals surface area contributed by atoms with E-state index in [0.717, 1.165) is 17.7 Å². The fraction of sp³-hybridized carbons (Fsp3) is 0.130. The number of pyridine rings is 1. The summed E-state index contributed by atoms with van der Waals surface area (Å²) in [6, 6.07) is 17.0. The summed E-state index contributed by atoms with van der Waals surface area (Å²) < 4.78 is 18.2. The summed E-state index contributed by atoms with van der Waals surface area (Å²) in [7, 11) is 0. The number of halogens is 1. The molecule has 0 aliphatic carbocycles. The maximum Gasteiger partial charge on any atom is 0.177 e. The second-order valence-corrected chi connectivity index (χ2v) is 6.41. The number of rotatable bonds is 8. The van der Waals surface area contributed by atoms with Crippen molar-refractivity contribution in [2.75, 3.05) is 6.54 Å². The molecule has 0 saturated heterocycles. The third kappa shape index (κ3) is 5.57. The first kappa shape index (κ1) is 20.9. The highest BCUT2D eigenvalue weighted by Gasteiger charge is 2.29. The molecule has 1 aromatic heterocycles. The van der Waals surface area contributed by atoms with Crippen molar-refractivity contribution in [2.45, 2.75) is 12.5 Å². The molecule has 0 fully saturated rings. The summed E-state index contributed by atoms with van der Waals surface area (Å²) in [5, 5.41) is 11.9. The zero-order valence-electron chi connectivity index (χ0n) is 15.9. The van der Waals surface area contributed by atoms with Crippen LogP contribution in [0.2, 0.25) is 0 Å². The summed E-state index contributed by atoms with van der Waals surface area (Å²) in [5.74, 6) is -2.77. The molecule has 1 atom stereocenters. The fourth-order valence-corrected chi connectivity index (χ4v) is 2.82. The second-order valence-electron chi connectivity index (χ2n) is 6.41. The Hall–Kier alpha value is -3.87. The Labute approximate surface area is 172 Å². The van der Waals surface area contributed by atoms with Gasteiger partial charge in [-0.1, -0.05) is 30.3 Å². The largest absolute Gasteiger partial charge is 0.596 e. The minimum absolute atomic E-state index is 0.0274. The summed E-state index contributed by atoms with van der Waals surface area (Å²) in [5.41, 5.74) is 1.38. The number of benzene rings is 2. The van der Waals surface area contributed by atoms with Gasteiger partial charge < -0.3 is 9.84 Å². The molecule has 0 bridgehead atoms. The Morgan fingerprint density at radius 2 is 1.67 bits per heavy atom. The number of Topliss-reactive ketones (excluding diaryl/α,β-unsaturated/α-hetero) is 2. The lowest BCUT2D eigenvalue weighted by Gasteiger charge is -2.16. The van der Waals surface area contributed by atoms with Crippen LogP contribution in [-0.2, 0) is 16.1 Å². The van der Waals surface area contributed by atoms with Crippen molar-refractivity contribution in [2.24, 2.45) is 4.99 Å². The van der Waals surface area contributed by atoms with E-state index < -0.39 is 35.9 Å². The van der Waals surface area contributed by atoms with Crippen LogP contribution < -0.4 is 5.11 Å². The van der Waals surface area contributed by atoms with Crippen molar-refractivity contribution in [3.63, 3.8) is 0 Å². The monoisotopic (exact) mass is 405 g/mol. The van der Waals surface area contributed by atoms with Crippen LogP contribution in [0.25, 0.3) is 0 Å². The normalized spacial score (nSPS) is 12.2. The molecule has 0 aliphatic rings. The molecule has 0 saturated carbocycles. The molecule has 3 aromatic rings. The van der Waals surface area contributed by atoms with E-state index in [0.29, 0.717) is 5.56 Å². The molecule has 3 rings (SSSR count). The number of carbonyl (C=O) groups excluding carboxylic acids is 2. The highest BCUT2D eigenvalue weighted by atomic mass is 19.1. The minimum Gasteiger partial charge on any atom is -0.596 e. The van der Waals surface area contributed by atoms with E-state index >= 15 is 0 Å². The topological polar surface area (TPSA) is 91.7 Å². The molecule has 30 heavy (non-hydrogen) atoms. The van der Waals surface area contributed by atoms with Gasteiger partial charge in [-0.25, -0.2) is 4.39 Å². The van der Waals surface area contributed by atoms with E-state index in [1.807, 2.05) is 18.2 Å². The van der Waals surface area contributed by atoms with Gasteiger partial charge in [0.25, 0.3) is 0 Å². The SMILES string of the molecule is O=C(CN=C([O-])OCc1ccccc1)C(C(=O)c1ccc(F)cc1)c1ccncc1. The molecule has 1 unspecified atom stereocenters. The van der Waals surface area contributed by atoms with Crippen LogP contribution in [0.3, 0.4) is 0 Å². The van der Waals surface area contributed by atoms with Gasteiger partial charge in [-0.3, -0.25) is 19.6 Å². The maximum atomic E-state index is 13.2. The quantitative estimate of drug-likeness (QED) is 0.249. The van der Waals surface area contributed by atoms with Gasteiger partial charge in [0.05, 0.1) is 0 Å². The van der Waals surface area contributed by atoms with Crippen molar-refractivity contribution in [1.82, 2.24) is 4.98 Å². The summed E-state index contributed by atoms with van der Waals surface area (Å²) >= 11 is 0. The lowest BCUT2D eigenvalue weighted by atomic mass is 9.87. The number of nitrogens with zero attached hydrogens (tertiary/aromatic N) is 2. The average Bonchev–Trinajstić information content (AvgIpc) is 2.78. The van der Waals surface area contributed by atoms with E-state index in [1.165, 1.54) is 36.7 Å². The zero-order valence-corrected chi connectivity index (χ0v) is 15.9. The predicted molar refractivity (Wildman–Crippen MR) is 106 cm³/mol. The van der Waals surface area contributed by atoms with Crippen LogP contribution in [-0.4, -0.2) is 29.2 Å². The van der Waals surface area contributed by atoms with E-state index in [1.54, 1.807) is 12.1 Å². The first-order valence-corrected chi connectivity index (χ1v) is 9.15. The lowest BCUT2D eigenvalue weighted by Crippen LogP contribution is -2.27. The molecule has 2 aromatic carbocycles. The van der Waals surface area contributed by atoms with Crippen LogP contribution in [0.4, 0.5) is 4.39 Å². The van der Waals surface area contributed by atoms with Crippen LogP contribution in [0.5, 0.6) is 0 Å². The number of carbonyl (C=O) groups is 2. The molecule has 7 heteroatoms. The summed E-state index contributed by atoms with van der Waals surface area (Å²) in [6.07, 6.45) is 2.02. The minimum atomic E-state index is -1.19. The number of ketones is 2. The van der Waals surface area contributed by atoms with Gasteiger partial charge in [0.1, 0.15) is 24.4 Å². The van der Waals surface area contributed by atoms with Crippen molar-refractivity contribution < 1.29 is 23.8 Å². The van der Waals surface area contributed by atoms with Crippen molar-refractivity contribution in [3.05, 3.63) is 102 Å². The Bertz CT molecular complexity index is 1020. The van der Waals surface area contributed by atoms with E-state index in [-0.39, 0.29) is 12.2 Å². The Balaban J connectivity index is 1.73. The molecule has 6 nitrogen and oxygen atoms in total. The molecular weight excluding hydrogens is 387 g/mol. The van der Waals surface area contributed by atoms with E-state index in [2.05, 4.69) is 9.98 Å². The van der Waals surface area contributed by atoms with Crippen molar-refractivity contribution in [3.8, 4) is 0 Å². The summed E-state index contributed by atoms with van der Waals surface area (Å²) in [4.78, 5) is 33.2. The van der Waals surface area contributed by atoms with Gasteiger partial charge in [0.2, 0.25) is 0 Å². The molecule has 0 N–H and O–H groups in total. The third-order valence-electron chi connectivity index (χ3n) is 4.32. The Kier molecular flexibility index (Phi) is 7.00. The van der Waals surface area contributed by atoms with Crippen molar-refractivity contribution >= 4 is 17.7 Å². The molecule has 0 amide bonds. The highest BCUT2D eigenvalue weighted by Crippen LogP contribution is 2.22. The van der Waals surface area contributed by atoms with Gasteiger partial charge in [-0.05, 0) is 47.5 Å². The Morgan fingerprint density at radius 1 is 1.00 bits per heavy atom. The average molecular weight is 405 g/mol. The van der Waals surface area contributed by atoms with Crippen LogP contribution in [0.15, 0.2) is 84.1 Å². The number of aliphatic imine (C=N–C) groups is 1. The number of hydrogen-bond donors (Lipinski definition) is 0. The second kappa shape index (κ2) is 10.1. The summed E-state index contributed by atoms with van der Waals surface area (Å²) in [6.45, 7) is -0.493. The third-order valence-corrected chi connectivity index (χ3v) is 4.32. The first-order chi connectivity index (χ1) is 14.5. The maximum absolute atomic E-state index is 13.2. The van der Waals surface area contributed by atoms with Gasteiger partial charge in [0.15, 0.2) is 11.6 Å². The molecule has 152 valence electrons.